The number of aliphatic carboxylic acids is 1. The van der Waals surface area contributed by atoms with E-state index in [4.69, 9.17) is 34.8 Å². The first-order chi connectivity index (χ1) is 36.7. The van der Waals surface area contributed by atoms with Gasteiger partial charge in [-0.15, -0.1) is 12.4 Å². The Morgan fingerprint density at radius 1 is 0.775 bits per heavy atom. The first kappa shape index (κ1) is 63.2. The summed E-state index contributed by atoms with van der Waals surface area (Å²) < 4.78 is 23.4. The number of methoxy groups -OCH3 is 1. The molecule has 4 aromatic rings. The van der Waals surface area contributed by atoms with E-state index in [9.17, 15) is 33.9 Å². The summed E-state index contributed by atoms with van der Waals surface area (Å²) in [5, 5.41) is 25.5. The molecule has 442 valence electrons. The van der Waals surface area contributed by atoms with Gasteiger partial charge in [0.15, 0.2) is 16.8 Å². The number of nitrogens with two attached hydrogens (primary N) is 1. The maximum atomic E-state index is 13.7. The number of carboxylic acid groups (broad SMARTS) is 1. The minimum atomic E-state index is -1.41. The number of aromatic amines is 1. The van der Waals surface area contributed by atoms with Crippen LogP contribution in [0.3, 0.4) is 0 Å². The van der Waals surface area contributed by atoms with Crippen LogP contribution in [0.2, 0.25) is 25.7 Å². The molecule has 2 unspecified atom stereocenters. The van der Waals surface area contributed by atoms with Crippen molar-refractivity contribution in [3.05, 3.63) is 47.3 Å². The molecule has 25 heteroatoms. The number of nitrogens with one attached hydrogen (secondary N) is 3. The fraction of sp³-hybridized carbons (Fsp3) is 0.673. The Kier molecular flexibility index (Phi) is 19.2. The summed E-state index contributed by atoms with van der Waals surface area (Å²) in [6, 6.07) is 1.02. The number of amides is 4. The van der Waals surface area contributed by atoms with Crippen molar-refractivity contribution >= 4 is 78.7 Å². The maximum Gasteiger partial charge on any atom is 0.410 e. The number of ether oxygens (including phenoxy) is 4. The second-order valence-electron chi connectivity index (χ2n) is 25.7. The lowest BCUT2D eigenvalue weighted by molar-refractivity contribution is -0.147. The third kappa shape index (κ3) is 15.5. The number of aliphatic hydroxyl groups is 1. The molecular formula is C55H84ClN11O12Si. The van der Waals surface area contributed by atoms with Crippen molar-refractivity contribution in [2.45, 2.75) is 197 Å². The van der Waals surface area contributed by atoms with Gasteiger partial charge in [-0.2, -0.15) is 0 Å². The number of nitrogens with zero attached hydrogens (tertiary/aromatic N) is 7. The normalized spacial score (nSPS) is 20.9. The SMILES string of the molecule is CC(C)(C)OC(=O)N1CCC(N)(C(=O)O)C1.CC(C)(O)C1(NC(=O)c2c[nH]c3ncc(C4CC4)nc23)CCCC1.COC(=O)C1(NC(=O)c2cn(COCC[Si](C)(C)C)c3ncc(C4CC4)nc23)CCN(C(=O)OC(C)(C)C)C1.Cl. The molecule has 2 aliphatic heterocycles. The topological polar surface area (TPSA) is 309 Å². The van der Waals surface area contributed by atoms with Gasteiger partial charge >= 0.3 is 24.1 Å². The van der Waals surface area contributed by atoms with Gasteiger partial charge in [-0.1, -0.05) is 32.5 Å². The van der Waals surface area contributed by atoms with E-state index >= 15 is 0 Å². The predicted molar refractivity (Wildman–Crippen MR) is 303 cm³/mol. The minimum Gasteiger partial charge on any atom is -0.480 e. The van der Waals surface area contributed by atoms with Crippen LogP contribution < -0.4 is 16.4 Å². The average molecular weight is 1150 g/mol. The molecule has 5 fully saturated rings. The van der Waals surface area contributed by atoms with Crippen LogP contribution >= 0.6 is 12.4 Å². The summed E-state index contributed by atoms with van der Waals surface area (Å²) in [6.45, 7) is 22.4. The van der Waals surface area contributed by atoms with E-state index in [2.05, 4.69) is 50.2 Å². The van der Waals surface area contributed by atoms with E-state index in [1.54, 1.807) is 84.7 Å². The molecular weight excluding hydrogens is 1070 g/mol. The smallest absolute Gasteiger partial charge is 0.410 e. The lowest BCUT2D eigenvalue weighted by Crippen LogP contribution is -2.60. The molecule has 0 aromatic carbocycles. The molecule has 7 N–H and O–H groups in total. The Bertz CT molecular complexity index is 2910. The lowest BCUT2D eigenvalue weighted by Gasteiger charge is -2.41. The second kappa shape index (κ2) is 24.2. The molecule has 9 rings (SSSR count). The van der Waals surface area contributed by atoms with E-state index in [1.807, 2.05) is 0 Å². The van der Waals surface area contributed by atoms with Crippen molar-refractivity contribution in [2.75, 3.05) is 39.9 Å². The highest BCUT2D eigenvalue weighted by Gasteiger charge is 2.50. The van der Waals surface area contributed by atoms with E-state index in [0.29, 0.717) is 58.4 Å². The van der Waals surface area contributed by atoms with Crippen molar-refractivity contribution in [1.29, 1.82) is 0 Å². The number of hydrogen-bond acceptors (Lipinski definition) is 16. The molecule has 0 bridgehead atoms. The van der Waals surface area contributed by atoms with Gasteiger partial charge in [0, 0.05) is 58.4 Å². The summed E-state index contributed by atoms with van der Waals surface area (Å²) in [7, 11) is 0.0143. The van der Waals surface area contributed by atoms with Crippen molar-refractivity contribution in [3.8, 4) is 0 Å². The minimum absolute atomic E-state index is 0. The molecule has 3 aliphatic carbocycles. The summed E-state index contributed by atoms with van der Waals surface area (Å²) in [6.07, 6.45) is 14.3. The number of carbonyl (C=O) groups excluding carboxylic acids is 5. The Hall–Kier alpha value is -5.95. The van der Waals surface area contributed by atoms with Crippen LogP contribution in [-0.4, -0.2) is 167 Å². The molecule has 2 atom stereocenters. The number of likely N-dealkylation sites (tertiary alicyclic amines) is 2. The monoisotopic (exact) mass is 1150 g/mol. The molecule has 4 amide bonds. The quantitative estimate of drug-likeness (QED) is 0.0310. The van der Waals surface area contributed by atoms with Gasteiger partial charge in [0.05, 0.1) is 66.2 Å². The van der Waals surface area contributed by atoms with Crippen LogP contribution in [0.25, 0.3) is 22.3 Å². The zero-order valence-electron chi connectivity index (χ0n) is 48.6. The van der Waals surface area contributed by atoms with Crippen molar-refractivity contribution in [1.82, 2.24) is 49.9 Å². The zero-order valence-corrected chi connectivity index (χ0v) is 50.4. The molecule has 6 heterocycles. The first-order valence-electron chi connectivity index (χ1n) is 27.5. The van der Waals surface area contributed by atoms with E-state index in [1.165, 1.54) is 16.9 Å². The largest absolute Gasteiger partial charge is 0.480 e. The van der Waals surface area contributed by atoms with Crippen molar-refractivity contribution in [2.24, 2.45) is 5.73 Å². The molecule has 0 radical (unpaired) electrons. The first-order valence-corrected chi connectivity index (χ1v) is 31.2. The number of carbonyl (C=O) groups is 6. The summed E-state index contributed by atoms with van der Waals surface area (Å²) in [5.74, 6) is -1.53. The van der Waals surface area contributed by atoms with Crippen LogP contribution in [-0.2, 0) is 35.3 Å². The van der Waals surface area contributed by atoms with Gasteiger partial charge in [0.2, 0.25) is 0 Å². The maximum absolute atomic E-state index is 13.7. The number of fused-ring (bicyclic) bond motifs is 2. The van der Waals surface area contributed by atoms with E-state index < -0.39 is 71.5 Å². The molecule has 23 nitrogen and oxygen atoms in total. The van der Waals surface area contributed by atoms with Gasteiger partial charge < -0.3 is 64.9 Å². The number of H-pyrrole nitrogens is 1. The molecule has 4 aromatic heterocycles. The average Bonchev–Trinajstić information content (AvgIpc) is 4.12. The number of rotatable bonds is 14. The molecule has 3 saturated carbocycles. The van der Waals surface area contributed by atoms with Gasteiger partial charge in [0.25, 0.3) is 11.8 Å². The van der Waals surface area contributed by atoms with Crippen LogP contribution in [0.4, 0.5) is 9.59 Å². The van der Waals surface area contributed by atoms with Gasteiger partial charge in [0.1, 0.15) is 34.5 Å². The third-order valence-corrected chi connectivity index (χ3v) is 16.6. The van der Waals surface area contributed by atoms with Crippen LogP contribution in [0.15, 0.2) is 24.8 Å². The Balaban J connectivity index is 0.000000213. The van der Waals surface area contributed by atoms with Gasteiger partial charge in [-0.25, -0.2) is 34.3 Å². The van der Waals surface area contributed by atoms with E-state index in [-0.39, 0.29) is 57.5 Å². The fourth-order valence-electron chi connectivity index (χ4n) is 9.84. The lowest BCUT2D eigenvalue weighted by atomic mass is 9.80. The standard InChI is InChI=1S/C27H41N5O6Si.C18H24N4O2.C10H18N2O4.ClH/c1-26(2,3)38-25(35)31-11-10-27(16-31,24(34)36-4)30-23(33)19-15-32(17-37-12-13-39(5,6)7)22-21(19)29-20(14-28-22)18-8-9-18;1-17(2,24)18(7-3-4-8-18)22-16(23)12-9-19-15-14(12)21-13(10-20-15)11-5-6-11;1-9(2,3)16-8(15)12-5-4-10(11,6-12)7(13)14;/h14-15,18H,8-13,16-17H2,1-7H3,(H,30,33);9-11,24H,3-8H2,1-2H3,(H,19,20)(H,22,23);4-6,11H2,1-3H3,(H,13,14);1H. The van der Waals surface area contributed by atoms with Crippen LogP contribution in [0.1, 0.15) is 164 Å². The molecule has 80 heavy (non-hydrogen) atoms. The second-order valence-corrected chi connectivity index (χ2v) is 31.3. The molecule has 2 saturated heterocycles. The number of carboxylic acids is 1. The molecule has 0 spiro atoms. The number of esters is 1. The third-order valence-electron chi connectivity index (χ3n) is 14.9. The van der Waals surface area contributed by atoms with E-state index in [0.717, 1.165) is 68.8 Å². The van der Waals surface area contributed by atoms with Gasteiger partial charge in [-0.3, -0.25) is 14.4 Å². The Labute approximate surface area is 475 Å². The number of halogens is 1. The van der Waals surface area contributed by atoms with Crippen LogP contribution in [0.5, 0.6) is 0 Å². The summed E-state index contributed by atoms with van der Waals surface area (Å²) >= 11 is 0. The number of hydrogen-bond donors (Lipinski definition) is 6. The van der Waals surface area contributed by atoms with Crippen LogP contribution in [0, 0.1) is 0 Å². The number of aromatic nitrogens is 6. The summed E-state index contributed by atoms with van der Waals surface area (Å²) in [5.41, 5.74) is 4.99. The zero-order chi connectivity index (χ0) is 58.1. The van der Waals surface area contributed by atoms with Gasteiger partial charge in [-0.05, 0) is 106 Å². The van der Waals surface area contributed by atoms with Crippen molar-refractivity contribution in [3.63, 3.8) is 0 Å². The predicted octanol–water partition coefficient (Wildman–Crippen LogP) is 7.38. The fourth-order valence-corrected chi connectivity index (χ4v) is 10.6. The highest BCUT2D eigenvalue weighted by molar-refractivity contribution is 6.76. The molecule has 5 aliphatic rings. The Morgan fingerprint density at radius 2 is 1.31 bits per heavy atom. The highest BCUT2D eigenvalue weighted by Crippen LogP contribution is 2.41. The summed E-state index contributed by atoms with van der Waals surface area (Å²) in [4.78, 5) is 99.1. The highest BCUT2D eigenvalue weighted by atomic mass is 35.5. The van der Waals surface area contributed by atoms with Crippen molar-refractivity contribution < 1.29 is 57.9 Å². The Morgan fingerprint density at radius 3 is 1.82 bits per heavy atom.